The van der Waals surface area contributed by atoms with Crippen molar-refractivity contribution in [2.24, 2.45) is 5.73 Å². The molecule has 3 rings (SSSR count). The summed E-state index contributed by atoms with van der Waals surface area (Å²) >= 11 is 0. The molecule has 0 spiro atoms. The molecule has 106 valence electrons. The number of carbonyl (C=O) groups is 3. The Bertz CT molecular complexity index is 562. The van der Waals surface area contributed by atoms with Gasteiger partial charge in [-0.15, -0.1) is 0 Å². The molecule has 3 N–H and O–H groups in total. The van der Waals surface area contributed by atoms with Crippen LogP contribution in [0.25, 0.3) is 0 Å². The molecule has 1 aliphatic carbocycles. The first-order chi connectivity index (χ1) is 9.60. The van der Waals surface area contributed by atoms with Crippen LogP contribution in [0, 0.1) is 0 Å². The first kappa shape index (κ1) is 13.1. The van der Waals surface area contributed by atoms with Crippen molar-refractivity contribution in [3.05, 3.63) is 22.8 Å². The quantitative estimate of drug-likeness (QED) is 0.671. The molecule has 2 heterocycles. The van der Waals surface area contributed by atoms with E-state index in [0.29, 0.717) is 25.9 Å². The zero-order chi connectivity index (χ0) is 14.3. The zero-order valence-electron chi connectivity index (χ0n) is 11.1. The van der Waals surface area contributed by atoms with Crippen molar-refractivity contribution in [2.45, 2.75) is 31.7 Å². The predicted molar refractivity (Wildman–Crippen MR) is 71.3 cm³/mol. The van der Waals surface area contributed by atoms with E-state index in [9.17, 15) is 14.4 Å². The maximum absolute atomic E-state index is 12.4. The lowest BCUT2D eigenvalue weighted by Crippen LogP contribution is -2.53. The third kappa shape index (κ3) is 2.06. The second kappa shape index (κ2) is 4.86. The number of nitrogens with one attached hydrogen (secondary N) is 1. The van der Waals surface area contributed by atoms with Crippen molar-refractivity contribution in [1.82, 2.24) is 10.2 Å². The Morgan fingerprint density at radius 2 is 2.05 bits per heavy atom. The van der Waals surface area contributed by atoms with Crippen molar-refractivity contribution in [2.75, 3.05) is 13.1 Å². The molecule has 6 nitrogen and oxygen atoms in total. The van der Waals surface area contributed by atoms with E-state index in [1.165, 1.54) is 0 Å². The smallest absolute Gasteiger partial charge is 0.251 e. The molecule has 3 amide bonds. The van der Waals surface area contributed by atoms with Crippen LogP contribution in [-0.2, 0) is 14.4 Å². The van der Waals surface area contributed by atoms with Crippen LogP contribution in [0.3, 0.4) is 0 Å². The lowest BCUT2D eigenvalue weighted by molar-refractivity contribution is -0.142. The third-order valence-corrected chi connectivity index (χ3v) is 4.17. The molecule has 0 aromatic rings. The van der Waals surface area contributed by atoms with Gasteiger partial charge in [0.25, 0.3) is 5.91 Å². The number of nitrogens with zero attached hydrogens (tertiary/aromatic N) is 1. The van der Waals surface area contributed by atoms with E-state index in [2.05, 4.69) is 5.32 Å². The molecule has 0 aromatic carbocycles. The van der Waals surface area contributed by atoms with E-state index in [0.717, 1.165) is 23.1 Å². The number of piperidine rings is 1. The SMILES string of the molecule is NCC1=CC2=C(CC1)C(=O)N(C1CCC(=O)NC1=O)C2. The molecule has 0 bridgehead atoms. The maximum Gasteiger partial charge on any atom is 0.251 e. The van der Waals surface area contributed by atoms with Gasteiger partial charge in [-0.25, -0.2) is 0 Å². The first-order valence-electron chi connectivity index (χ1n) is 6.86. The largest absolute Gasteiger partial charge is 0.327 e. The third-order valence-electron chi connectivity index (χ3n) is 4.17. The van der Waals surface area contributed by atoms with Crippen molar-refractivity contribution >= 4 is 17.7 Å². The van der Waals surface area contributed by atoms with Crippen LogP contribution in [0.2, 0.25) is 0 Å². The van der Waals surface area contributed by atoms with Gasteiger partial charge in [0.05, 0.1) is 0 Å². The van der Waals surface area contributed by atoms with Gasteiger partial charge in [0.2, 0.25) is 11.8 Å². The predicted octanol–water partition coefficient (Wildman–Crippen LogP) is -0.391. The Kier molecular flexibility index (Phi) is 3.17. The van der Waals surface area contributed by atoms with E-state index >= 15 is 0 Å². The highest BCUT2D eigenvalue weighted by Crippen LogP contribution is 2.32. The Morgan fingerprint density at radius 1 is 1.25 bits per heavy atom. The fourth-order valence-electron chi connectivity index (χ4n) is 3.06. The maximum atomic E-state index is 12.4. The lowest BCUT2D eigenvalue weighted by atomic mass is 9.94. The lowest BCUT2D eigenvalue weighted by Gasteiger charge is -2.29. The molecule has 1 atom stereocenters. The molecule has 2 aliphatic heterocycles. The minimum absolute atomic E-state index is 0.0678. The Morgan fingerprint density at radius 3 is 2.75 bits per heavy atom. The highest BCUT2D eigenvalue weighted by molar-refractivity contribution is 6.05. The molecule has 0 saturated carbocycles. The van der Waals surface area contributed by atoms with Crippen LogP contribution >= 0.6 is 0 Å². The molecule has 20 heavy (non-hydrogen) atoms. The number of hydrogen-bond donors (Lipinski definition) is 2. The molecule has 0 radical (unpaired) electrons. The number of imide groups is 1. The normalized spacial score (nSPS) is 26.6. The molecule has 1 saturated heterocycles. The van der Waals surface area contributed by atoms with Crippen LogP contribution in [0.1, 0.15) is 25.7 Å². The number of carbonyl (C=O) groups excluding carboxylic acids is 3. The minimum Gasteiger partial charge on any atom is -0.327 e. The van der Waals surface area contributed by atoms with E-state index in [-0.39, 0.29) is 24.1 Å². The fraction of sp³-hybridized carbons (Fsp3) is 0.500. The van der Waals surface area contributed by atoms with Crippen molar-refractivity contribution in [3.8, 4) is 0 Å². The van der Waals surface area contributed by atoms with Gasteiger partial charge in [-0.2, -0.15) is 0 Å². The van der Waals surface area contributed by atoms with Gasteiger partial charge in [0, 0.05) is 25.1 Å². The zero-order valence-corrected chi connectivity index (χ0v) is 11.1. The summed E-state index contributed by atoms with van der Waals surface area (Å²) in [5, 5.41) is 2.30. The summed E-state index contributed by atoms with van der Waals surface area (Å²) in [5.74, 6) is -0.694. The second-order valence-corrected chi connectivity index (χ2v) is 5.41. The van der Waals surface area contributed by atoms with Crippen molar-refractivity contribution < 1.29 is 14.4 Å². The van der Waals surface area contributed by atoms with Gasteiger partial charge in [-0.1, -0.05) is 11.6 Å². The summed E-state index contributed by atoms with van der Waals surface area (Å²) in [4.78, 5) is 37.1. The number of rotatable bonds is 2. The summed E-state index contributed by atoms with van der Waals surface area (Å²) < 4.78 is 0. The van der Waals surface area contributed by atoms with E-state index < -0.39 is 6.04 Å². The summed E-state index contributed by atoms with van der Waals surface area (Å²) in [7, 11) is 0. The van der Waals surface area contributed by atoms with Crippen molar-refractivity contribution in [3.63, 3.8) is 0 Å². The van der Waals surface area contributed by atoms with Crippen molar-refractivity contribution in [1.29, 1.82) is 0 Å². The summed E-state index contributed by atoms with van der Waals surface area (Å²) in [6.45, 7) is 0.952. The van der Waals surface area contributed by atoms with Gasteiger partial charge >= 0.3 is 0 Å². The number of amides is 3. The average molecular weight is 275 g/mol. The van der Waals surface area contributed by atoms with Gasteiger partial charge < -0.3 is 10.6 Å². The Balaban J connectivity index is 1.79. The molecule has 1 fully saturated rings. The van der Waals surface area contributed by atoms with Crippen LogP contribution in [0.4, 0.5) is 0 Å². The molecule has 0 aromatic heterocycles. The molecule has 1 unspecified atom stereocenters. The minimum atomic E-state index is -0.527. The molecular formula is C14H17N3O3. The van der Waals surface area contributed by atoms with Gasteiger partial charge in [-0.05, 0) is 24.8 Å². The summed E-state index contributed by atoms with van der Waals surface area (Å²) in [5.41, 5.74) is 8.56. The van der Waals surface area contributed by atoms with Crippen LogP contribution in [0.15, 0.2) is 22.8 Å². The molecule has 3 aliphatic rings. The Hall–Kier alpha value is -1.95. The highest BCUT2D eigenvalue weighted by Gasteiger charge is 2.40. The number of nitrogens with two attached hydrogens (primary N) is 1. The van der Waals surface area contributed by atoms with Gasteiger partial charge in [0.1, 0.15) is 6.04 Å². The molecular weight excluding hydrogens is 258 g/mol. The second-order valence-electron chi connectivity index (χ2n) is 5.41. The van der Waals surface area contributed by atoms with E-state index in [1.807, 2.05) is 6.08 Å². The fourth-order valence-corrected chi connectivity index (χ4v) is 3.06. The summed E-state index contributed by atoms with van der Waals surface area (Å²) in [6.07, 6.45) is 4.19. The Labute approximate surface area is 116 Å². The standard InChI is InChI=1S/C14H17N3O3/c15-6-8-1-2-10-9(5-8)7-17(14(10)20)11-3-4-12(18)16-13(11)19/h5,11H,1-4,6-7,15H2,(H,16,18,19). The van der Waals surface area contributed by atoms with E-state index in [1.54, 1.807) is 4.90 Å². The van der Waals surface area contributed by atoms with Crippen LogP contribution in [0.5, 0.6) is 0 Å². The highest BCUT2D eigenvalue weighted by atomic mass is 16.2. The molecule has 6 heteroatoms. The van der Waals surface area contributed by atoms with E-state index in [4.69, 9.17) is 5.73 Å². The first-order valence-corrected chi connectivity index (χ1v) is 6.86. The monoisotopic (exact) mass is 275 g/mol. The van der Waals surface area contributed by atoms with Gasteiger partial charge in [-0.3, -0.25) is 19.7 Å². The van der Waals surface area contributed by atoms with Crippen LogP contribution < -0.4 is 11.1 Å². The van der Waals surface area contributed by atoms with Crippen LogP contribution in [-0.4, -0.2) is 41.8 Å². The number of hydrogen-bond acceptors (Lipinski definition) is 4. The topological polar surface area (TPSA) is 92.5 Å². The average Bonchev–Trinajstić information content (AvgIpc) is 2.75. The van der Waals surface area contributed by atoms with Gasteiger partial charge in [0.15, 0.2) is 0 Å². The summed E-state index contributed by atoms with van der Waals surface area (Å²) in [6, 6.07) is -0.527.